The summed E-state index contributed by atoms with van der Waals surface area (Å²) >= 11 is 7.27. The molecule has 6 nitrogen and oxygen atoms in total. The van der Waals surface area contributed by atoms with Crippen LogP contribution in [0, 0.1) is 0 Å². The van der Waals surface area contributed by atoms with E-state index in [0.717, 1.165) is 16.9 Å². The normalized spacial score (nSPS) is 10.9. The Morgan fingerprint density at radius 1 is 0.963 bits per heavy atom. The van der Waals surface area contributed by atoms with E-state index in [1.807, 2.05) is 48.5 Å². The number of oxazole rings is 1. The number of benzene rings is 2. The molecule has 0 fully saturated rings. The van der Waals surface area contributed by atoms with Crippen LogP contribution in [0.1, 0.15) is 5.89 Å². The zero-order chi connectivity index (χ0) is 18.6. The molecule has 136 valence electrons. The summed E-state index contributed by atoms with van der Waals surface area (Å²) in [6.45, 7) is 0. The summed E-state index contributed by atoms with van der Waals surface area (Å²) in [7, 11) is 1.62. The van der Waals surface area contributed by atoms with Crippen molar-refractivity contribution in [1.82, 2.24) is 15.2 Å². The molecule has 2 aromatic heterocycles. The van der Waals surface area contributed by atoms with Gasteiger partial charge in [0.2, 0.25) is 11.8 Å². The lowest BCUT2D eigenvalue weighted by Gasteiger charge is -1.99. The van der Waals surface area contributed by atoms with Crippen LogP contribution in [0.2, 0.25) is 5.02 Å². The molecule has 0 aliphatic rings. The fourth-order valence-electron chi connectivity index (χ4n) is 2.37. The van der Waals surface area contributed by atoms with E-state index in [1.165, 1.54) is 11.8 Å². The SMILES string of the molecule is COc1ccc(-c2nnc(SCc3ncc(-c4ccc(Cl)cc4)o3)o2)cc1. The predicted molar refractivity (Wildman–Crippen MR) is 103 cm³/mol. The minimum Gasteiger partial charge on any atom is -0.497 e. The first-order chi connectivity index (χ1) is 13.2. The largest absolute Gasteiger partial charge is 0.497 e. The summed E-state index contributed by atoms with van der Waals surface area (Å²) in [6, 6.07) is 14.8. The summed E-state index contributed by atoms with van der Waals surface area (Å²) in [5.74, 6) is 2.97. The highest BCUT2D eigenvalue weighted by Crippen LogP contribution is 2.28. The van der Waals surface area contributed by atoms with Crippen molar-refractivity contribution >= 4 is 23.4 Å². The lowest BCUT2D eigenvalue weighted by atomic mass is 10.2. The van der Waals surface area contributed by atoms with Crippen molar-refractivity contribution in [2.24, 2.45) is 0 Å². The molecule has 4 aromatic rings. The van der Waals surface area contributed by atoms with Gasteiger partial charge in [0, 0.05) is 16.1 Å². The summed E-state index contributed by atoms with van der Waals surface area (Å²) < 4.78 is 16.6. The number of methoxy groups -OCH3 is 1. The Labute approximate surface area is 164 Å². The maximum absolute atomic E-state index is 5.90. The maximum Gasteiger partial charge on any atom is 0.277 e. The zero-order valence-electron chi connectivity index (χ0n) is 14.3. The molecule has 0 aliphatic carbocycles. The van der Waals surface area contributed by atoms with E-state index in [4.69, 9.17) is 25.2 Å². The standard InChI is InChI=1S/C19H14ClN3O3S/c1-24-15-8-4-13(5-9-15)18-22-23-19(26-18)27-11-17-21-10-16(25-17)12-2-6-14(20)7-3-12/h2-10H,11H2,1H3. The molecule has 0 spiro atoms. The fourth-order valence-corrected chi connectivity index (χ4v) is 3.11. The fraction of sp³-hybridized carbons (Fsp3) is 0.105. The summed E-state index contributed by atoms with van der Waals surface area (Å²) in [5.41, 5.74) is 1.75. The van der Waals surface area contributed by atoms with E-state index in [9.17, 15) is 0 Å². The Morgan fingerprint density at radius 3 is 2.44 bits per heavy atom. The monoisotopic (exact) mass is 399 g/mol. The molecule has 0 saturated carbocycles. The molecule has 0 radical (unpaired) electrons. The Kier molecular flexibility index (Phi) is 5.13. The summed E-state index contributed by atoms with van der Waals surface area (Å²) in [4.78, 5) is 4.29. The number of hydrogen-bond donors (Lipinski definition) is 0. The molecule has 8 heteroatoms. The van der Waals surface area contributed by atoms with E-state index in [2.05, 4.69) is 15.2 Å². The van der Waals surface area contributed by atoms with Gasteiger partial charge in [0.25, 0.3) is 5.22 Å². The number of aromatic nitrogens is 3. The van der Waals surface area contributed by atoms with Crippen LogP contribution in [0.3, 0.4) is 0 Å². The van der Waals surface area contributed by atoms with E-state index >= 15 is 0 Å². The average molecular weight is 400 g/mol. The highest BCUT2D eigenvalue weighted by atomic mass is 35.5. The van der Waals surface area contributed by atoms with Gasteiger partial charge in [-0.05, 0) is 48.5 Å². The number of hydrogen-bond acceptors (Lipinski definition) is 7. The first-order valence-electron chi connectivity index (χ1n) is 8.02. The molecule has 0 bridgehead atoms. The second-order valence-electron chi connectivity index (χ2n) is 5.52. The minimum absolute atomic E-state index is 0.451. The van der Waals surface area contributed by atoms with Gasteiger partial charge in [0.15, 0.2) is 5.76 Å². The highest BCUT2D eigenvalue weighted by Gasteiger charge is 2.12. The molecule has 0 N–H and O–H groups in total. The van der Waals surface area contributed by atoms with Crippen molar-refractivity contribution in [1.29, 1.82) is 0 Å². The lowest BCUT2D eigenvalue weighted by Crippen LogP contribution is -1.82. The van der Waals surface area contributed by atoms with E-state index in [1.54, 1.807) is 13.3 Å². The third-order valence-electron chi connectivity index (χ3n) is 3.74. The Hall–Kier alpha value is -2.77. The van der Waals surface area contributed by atoms with Crippen LogP contribution < -0.4 is 4.74 Å². The summed E-state index contributed by atoms with van der Waals surface area (Å²) in [6.07, 6.45) is 1.69. The lowest BCUT2D eigenvalue weighted by molar-refractivity contribution is 0.414. The van der Waals surface area contributed by atoms with Crippen LogP contribution in [-0.4, -0.2) is 22.3 Å². The van der Waals surface area contributed by atoms with E-state index < -0.39 is 0 Å². The maximum atomic E-state index is 5.90. The minimum atomic E-state index is 0.451. The van der Waals surface area contributed by atoms with Crippen molar-refractivity contribution in [2.45, 2.75) is 11.0 Å². The molecule has 4 rings (SSSR count). The van der Waals surface area contributed by atoms with Gasteiger partial charge in [-0.1, -0.05) is 23.4 Å². The number of ether oxygens (including phenoxy) is 1. The number of thioether (sulfide) groups is 1. The smallest absolute Gasteiger partial charge is 0.277 e. The molecule has 0 saturated heterocycles. The van der Waals surface area contributed by atoms with Gasteiger partial charge in [-0.2, -0.15) is 0 Å². The van der Waals surface area contributed by atoms with Crippen LogP contribution >= 0.6 is 23.4 Å². The second kappa shape index (κ2) is 7.85. The van der Waals surface area contributed by atoms with Crippen molar-refractivity contribution in [2.75, 3.05) is 7.11 Å². The molecule has 0 amide bonds. The molecule has 0 atom stereocenters. The van der Waals surface area contributed by atoms with Crippen LogP contribution in [0.15, 0.2) is 68.8 Å². The van der Waals surface area contributed by atoms with Crippen molar-refractivity contribution < 1.29 is 13.6 Å². The number of nitrogens with zero attached hydrogens (tertiary/aromatic N) is 3. The topological polar surface area (TPSA) is 74.2 Å². The Bertz CT molecular complexity index is 1030. The van der Waals surface area contributed by atoms with E-state index in [-0.39, 0.29) is 0 Å². The van der Waals surface area contributed by atoms with Crippen LogP contribution in [-0.2, 0) is 5.75 Å². The van der Waals surface area contributed by atoms with Gasteiger partial charge in [-0.25, -0.2) is 4.98 Å². The predicted octanol–water partition coefficient (Wildman–Crippen LogP) is 5.35. The van der Waals surface area contributed by atoms with Crippen molar-refractivity contribution in [3.8, 4) is 28.5 Å². The molecular formula is C19H14ClN3O3S. The van der Waals surface area contributed by atoms with Gasteiger partial charge in [-0.3, -0.25) is 0 Å². The number of rotatable bonds is 6. The zero-order valence-corrected chi connectivity index (χ0v) is 15.8. The second-order valence-corrected chi connectivity index (χ2v) is 6.88. The summed E-state index contributed by atoms with van der Waals surface area (Å²) in [5, 5.41) is 9.26. The molecule has 27 heavy (non-hydrogen) atoms. The Morgan fingerprint density at radius 2 is 1.70 bits per heavy atom. The Balaban J connectivity index is 1.40. The quantitative estimate of drug-likeness (QED) is 0.405. The molecule has 0 aliphatic heterocycles. The first-order valence-corrected chi connectivity index (χ1v) is 9.39. The van der Waals surface area contributed by atoms with E-state index in [0.29, 0.717) is 33.5 Å². The van der Waals surface area contributed by atoms with Crippen LogP contribution in [0.5, 0.6) is 5.75 Å². The average Bonchev–Trinajstić information content (AvgIpc) is 3.37. The van der Waals surface area contributed by atoms with Gasteiger partial charge in [0.05, 0.1) is 19.1 Å². The molecule has 2 heterocycles. The van der Waals surface area contributed by atoms with Crippen molar-refractivity contribution in [3.05, 3.63) is 65.6 Å². The van der Waals surface area contributed by atoms with Crippen molar-refractivity contribution in [3.63, 3.8) is 0 Å². The number of halogens is 1. The van der Waals surface area contributed by atoms with Gasteiger partial charge in [0.1, 0.15) is 5.75 Å². The first kappa shape index (κ1) is 17.6. The van der Waals surface area contributed by atoms with Gasteiger partial charge < -0.3 is 13.6 Å². The highest BCUT2D eigenvalue weighted by molar-refractivity contribution is 7.98. The third-order valence-corrected chi connectivity index (χ3v) is 4.80. The van der Waals surface area contributed by atoms with Gasteiger partial charge >= 0.3 is 0 Å². The van der Waals surface area contributed by atoms with Crippen LogP contribution in [0.25, 0.3) is 22.8 Å². The van der Waals surface area contributed by atoms with Gasteiger partial charge in [-0.15, -0.1) is 10.2 Å². The third kappa shape index (κ3) is 4.15. The molecule has 2 aromatic carbocycles. The molecular weight excluding hydrogens is 386 g/mol. The van der Waals surface area contributed by atoms with Crippen LogP contribution in [0.4, 0.5) is 0 Å². The molecule has 0 unspecified atom stereocenters.